The zero-order valence-corrected chi connectivity index (χ0v) is 16.6. The molecule has 0 saturated heterocycles. The van der Waals surface area contributed by atoms with E-state index in [4.69, 9.17) is 9.15 Å². The molecule has 0 bridgehead atoms. The van der Waals surface area contributed by atoms with Crippen LogP contribution >= 0.6 is 0 Å². The molecule has 0 unspecified atom stereocenters. The number of rotatable bonds is 2. The van der Waals surface area contributed by atoms with Gasteiger partial charge in [0.2, 0.25) is 0 Å². The molecule has 0 saturated carbocycles. The molecule has 0 amide bonds. The lowest BCUT2D eigenvalue weighted by Gasteiger charge is -2.17. The summed E-state index contributed by atoms with van der Waals surface area (Å²) in [6.07, 6.45) is 0. The van der Waals surface area contributed by atoms with Crippen molar-refractivity contribution in [2.45, 2.75) is 6.92 Å². The summed E-state index contributed by atoms with van der Waals surface area (Å²) in [4.78, 5) is 25.7. The lowest BCUT2D eigenvalue weighted by atomic mass is 9.91. The highest BCUT2D eigenvalue weighted by molar-refractivity contribution is 6.28. The molecular weight excluding hydrogens is 388 g/mol. The molecule has 0 fully saturated rings. The van der Waals surface area contributed by atoms with Gasteiger partial charge in [-0.3, -0.25) is 9.59 Å². The predicted molar refractivity (Wildman–Crippen MR) is 123 cm³/mol. The van der Waals surface area contributed by atoms with E-state index in [0.29, 0.717) is 33.2 Å². The van der Waals surface area contributed by atoms with E-state index in [1.165, 1.54) is 6.92 Å². The lowest BCUT2D eigenvalue weighted by Crippen LogP contribution is -2.12. The quantitative estimate of drug-likeness (QED) is 0.147. The van der Waals surface area contributed by atoms with E-state index in [1.807, 2.05) is 78.9 Å². The van der Waals surface area contributed by atoms with Crippen LogP contribution in [-0.4, -0.2) is 5.97 Å². The van der Waals surface area contributed by atoms with Crippen LogP contribution < -0.4 is 10.2 Å². The minimum Gasteiger partial charge on any atom is -0.456 e. The second-order valence-electron chi connectivity index (χ2n) is 7.61. The van der Waals surface area contributed by atoms with Crippen LogP contribution in [0.25, 0.3) is 54.6 Å². The first-order valence-electron chi connectivity index (χ1n) is 10.0. The average molecular weight is 404 g/mol. The van der Waals surface area contributed by atoms with Gasteiger partial charge in [-0.25, -0.2) is 0 Å². The molecule has 4 nitrogen and oxygen atoms in total. The Bertz CT molecular complexity index is 1690. The zero-order chi connectivity index (χ0) is 21.1. The number of hydrogen-bond acceptors (Lipinski definition) is 4. The maximum absolute atomic E-state index is 13.7. The molecule has 6 rings (SSSR count). The summed E-state index contributed by atoms with van der Waals surface area (Å²) < 4.78 is 11.8. The third-order valence-electron chi connectivity index (χ3n) is 5.77. The predicted octanol–water partition coefficient (Wildman–Crippen LogP) is 6.28. The highest BCUT2D eigenvalue weighted by Gasteiger charge is 2.23. The number of hydrogen-bond donors (Lipinski definition) is 0. The highest BCUT2D eigenvalue weighted by Crippen LogP contribution is 2.43. The van der Waals surface area contributed by atoms with Crippen molar-refractivity contribution in [2.75, 3.05) is 0 Å². The second-order valence-corrected chi connectivity index (χ2v) is 7.61. The van der Waals surface area contributed by atoms with Gasteiger partial charge in [-0.2, -0.15) is 0 Å². The summed E-state index contributed by atoms with van der Waals surface area (Å²) in [7, 11) is 0. The average Bonchev–Trinajstić information content (AvgIpc) is 2.79. The fourth-order valence-corrected chi connectivity index (χ4v) is 4.54. The minimum absolute atomic E-state index is 0.169. The number of carbonyl (C=O) groups is 1. The van der Waals surface area contributed by atoms with Crippen molar-refractivity contribution in [3.05, 3.63) is 89.1 Å². The highest BCUT2D eigenvalue weighted by atomic mass is 16.5. The molecular formula is C27H16O4. The van der Waals surface area contributed by atoms with Crippen LogP contribution in [0.5, 0.6) is 5.75 Å². The molecule has 0 aliphatic heterocycles. The standard InChI is InChI=1S/C27H16O4/c1-15(28)30-27-20-13-14-22-25-18(17-9-5-6-10-21(17)31-22)11-12-19(24(20)25)26(29)23(27)16-7-3-2-4-8-16/h2-14H,1H3. The lowest BCUT2D eigenvalue weighted by molar-refractivity contribution is -0.131. The van der Waals surface area contributed by atoms with Crippen molar-refractivity contribution in [3.63, 3.8) is 0 Å². The molecule has 4 heteroatoms. The van der Waals surface area contributed by atoms with Gasteiger partial charge in [-0.15, -0.1) is 0 Å². The van der Waals surface area contributed by atoms with Gasteiger partial charge in [0.1, 0.15) is 16.9 Å². The van der Waals surface area contributed by atoms with E-state index in [0.717, 1.165) is 27.1 Å². The molecule has 0 radical (unpaired) electrons. The maximum atomic E-state index is 13.7. The van der Waals surface area contributed by atoms with Crippen LogP contribution in [0.15, 0.2) is 88.1 Å². The minimum atomic E-state index is -0.471. The Morgan fingerprint density at radius 3 is 2.23 bits per heavy atom. The zero-order valence-electron chi connectivity index (χ0n) is 16.6. The Morgan fingerprint density at radius 1 is 0.710 bits per heavy atom. The number of esters is 1. The number of para-hydroxylation sites is 1. The fourth-order valence-electron chi connectivity index (χ4n) is 4.54. The molecule has 1 heterocycles. The first-order valence-corrected chi connectivity index (χ1v) is 10.0. The SMILES string of the molecule is CC(=O)Oc1c(-c2ccccc2)c(=O)c2ccc3c4ccccc4oc4ccc1c2c43. The Hall–Kier alpha value is -4.18. The summed E-state index contributed by atoms with van der Waals surface area (Å²) in [5.74, 6) is -0.180. The Labute approximate surface area is 176 Å². The van der Waals surface area contributed by atoms with E-state index in [-0.39, 0.29) is 5.43 Å². The summed E-state index contributed by atoms with van der Waals surface area (Å²) in [6, 6.07) is 24.7. The van der Waals surface area contributed by atoms with Crippen molar-refractivity contribution in [1.29, 1.82) is 0 Å². The van der Waals surface area contributed by atoms with Crippen LogP contribution in [0, 0.1) is 0 Å². The van der Waals surface area contributed by atoms with E-state index < -0.39 is 5.97 Å². The van der Waals surface area contributed by atoms with Gasteiger partial charge in [0.25, 0.3) is 0 Å². The van der Waals surface area contributed by atoms with Crippen LogP contribution in [0.2, 0.25) is 0 Å². The van der Waals surface area contributed by atoms with Crippen molar-refractivity contribution in [2.24, 2.45) is 0 Å². The molecule has 1 aromatic heterocycles. The molecule has 5 aromatic carbocycles. The van der Waals surface area contributed by atoms with Gasteiger partial charge >= 0.3 is 5.97 Å². The van der Waals surface area contributed by atoms with Crippen molar-refractivity contribution >= 4 is 49.5 Å². The molecule has 0 aliphatic rings. The second kappa shape index (κ2) is 6.41. The van der Waals surface area contributed by atoms with E-state index in [1.54, 1.807) is 0 Å². The number of carbonyl (C=O) groups excluding carboxylic acids is 1. The maximum Gasteiger partial charge on any atom is 0.308 e. The van der Waals surface area contributed by atoms with Gasteiger partial charge in [-0.1, -0.05) is 54.6 Å². The Balaban J connectivity index is 1.87. The van der Waals surface area contributed by atoms with E-state index in [9.17, 15) is 9.59 Å². The first-order chi connectivity index (χ1) is 15.1. The van der Waals surface area contributed by atoms with Gasteiger partial charge < -0.3 is 9.15 Å². The van der Waals surface area contributed by atoms with Crippen molar-refractivity contribution in [1.82, 2.24) is 0 Å². The van der Waals surface area contributed by atoms with Crippen LogP contribution in [0.3, 0.4) is 0 Å². The van der Waals surface area contributed by atoms with Crippen LogP contribution in [-0.2, 0) is 4.79 Å². The third kappa shape index (κ3) is 2.48. The summed E-state index contributed by atoms with van der Waals surface area (Å²) >= 11 is 0. The molecule has 0 aliphatic carbocycles. The smallest absolute Gasteiger partial charge is 0.308 e. The van der Waals surface area contributed by atoms with Crippen LogP contribution in [0.1, 0.15) is 6.92 Å². The Morgan fingerprint density at radius 2 is 1.42 bits per heavy atom. The van der Waals surface area contributed by atoms with Gasteiger partial charge in [0.05, 0.1) is 5.56 Å². The summed E-state index contributed by atoms with van der Waals surface area (Å²) in [5.41, 5.74) is 2.40. The molecule has 148 valence electrons. The van der Waals surface area contributed by atoms with Gasteiger partial charge in [-0.05, 0) is 35.2 Å². The summed E-state index contributed by atoms with van der Waals surface area (Å²) in [6.45, 7) is 1.35. The first kappa shape index (κ1) is 17.7. The molecule has 31 heavy (non-hydrogen) atoms. The number of fused-ring (bicyclic) bond motifs is 2. The molecule has 6 aromatic rings. The monoisotopic (exact) mass is 404 g/mol. The van der Waals surface area contributed by atoms with Gasteiger partial charge in [0.15, 0.2) is 5.43 Å². The fraction of sp³-hybridized carbons (Fsp3) is 0.0370. The molecule has 0 N–H and O–H groups in total. The molecule has 0 atom stereocenters. The normalized spacial score (nSPS) is 11.6. The van der Waals surface area contributed by atoms with E-state index >= 15 is 0 Å². The summed E-state index contributed by atoms with van der Waals surface area (Å²) in [5, 5.41) is 4.87. The van der Waals surface area contributed by atoms with Crippen LogP contribution in [0.4, 0.5) is 0 Å². The largest absolute Gasteiger partial charge is 0.456 e. The molecule has 0 spiro atoms. The van der Waals surface area contributed by atoms with E-state index in [2.05, 4.69) is 0 Å². The third-order valence-corrected chi connectivity index (χ3v) is 5.77. The number of ether oxygens (including phenoxy) is 1. The van der Waals surface area contributed by atoms with Crippen molar-refractivity contribution in [3.8, 4) is 16.9 Å². The Kier molecular flexibility index (Phi) is 3.65. The number of benzene rings is 5. The van der Waals surface area contributed by atoms with Gasteiger partial charge in [0, 0.05) is 33.9 Å². The topological polar surface area (TPSA) is 56.5 Å². The van der Waals surface area contributed by atoms with Crippen molar-refractivity contribution < 1.29 is 13.9 Å².